The summed E-state index contributed by atoms with van der Waals surface area (Å²) in [5.74, 6) is -1.72. The van der Waals surface area contributed by atoms with Crippen molar-refractivity contribution >= 4 is 17.8 Å². The van der Waals surface area contributed by atoms with E-state index in [1.807, 2.05) is 29.2 Å². The summed E-state index contributed by atoms with van der Waals surface area (Å²) in [6.07, 6.45) is 5.84. The number of nitriles is 1. The molecule has 0 unspecified atom stereocenters. The van der Waals surface area contributed by atoms with Gasteiger partial charge in [-0.25, -0.2) is 19.2 Å². The van der Waals surface area contributed by atoms with Crippen LogP contribution >= 0.6 is 0 Å². The molecule has 0 atom stereocenters. The quantitative estimate of drug-likeness (QED) is 0.110. The van der Waals surface area contributed by atoms with Gasteiger partial charge in [0.15, 0.2) is 23.1 Å². The molecule has 1 aromatic heterocycles. The lowest BCUT2D eigenvalue weighted by atomic mass is 9.94. The van der Waals surface area contributed by atoms with Crippen molar-refractivity contribution in [2.24, 2.45) is 0 Å². The zero-order chi connectivity index (χ0) is 31.9. The van der Waals surface area contributed by atoms with Crippen molar-refractivity contribution in [1.29, 1.82) is 5.26 Å². The highest BCUT2D eigenvalue weighted by Crippen LogP contribution is 2.40. The fourth-order valence-electron chi connectivity index (χ4n) is 5.33. The van der Waals surface area contributed by atoms with Crippen LogP contribution in [0.1, 0.15) is 29.5 Å². The predicted molar refractivity (Wildman–Crippen MR) is 165 cm³/mol. The van der Waals surface area contributed by atoms with Crippen LogP contribution in [0.3, 0.4) is 0 Å². The molecule has 2 heterocycles. The Bertz CT molecular complexity index is 1760. The molecule has 45 heavy (non-hydrogen) atoms. The average molecular weight is 612 g/mol. The van der Waals surface area contributed by atoms with Gasteiger partial charge >= 0.3 is 0 Å². The number of pyridine rings is 1. The number of phenolic OH excluding ortho intramolecular Hbond substituents is 1. The van der Waals surface area contributed by atoms with Crippen LogP contribution in [0.25, 0.3) is 28.3 Å². The number of carbonyl (C=O) groups excluding carboxylic acids is 1. The topological polar surface area (TPSA) is 131 Å². The summed E-state index contributed by atoms with van der Waals surface area (Å²) in [6, 6.07) is 18.3. The minimum Gasteiger partial charge on any atom is -0.504 e. The Morgan fingerprint density at radius 1 is 1.11 bits per heavy atom. The van der Waals surface area contributed by atoms with E-state index >= 15 is 4.39 Å². The molecule has 1 saturated heterocycles. The van der Waals surface area contributed by atoms with Gasteiger partial charge in [-0.3, -0.25) is 10.0 Å². The zero-order valence-electron chi connectivity index (χ0n) is 24.4. The first-order valence-electron chi connectivity index (χ1n) is 14.3. The van der Waals surface area contributed by atoms with Gasteiger partial charge in [-0.2, -0.15) is 5.26 Å². The molecule has 0 radical (unpaired) electrons. The minimum atomic E-state index is -0.761. The van der Waals surface area contributed by atoms with Crippen LogP contribution in [-0.2, 0) is 11.3 Å². The normalized spacial score (nSPS) is 13.5. The molecule has 4 aromatic rings. The molecule has 5 rings (SSSR count). The summed E-state index contributed by atoms with van der Waals surface area (Å²) in [5, 5.41) is 31.7. The standard InChI is InChI=1S/C34H31F2N5O4/c1-45-30-10-9-23(17-29(30)42)27-20-39-34(33(36)32(27)24-7-8-25(18-37)28(35)16-24)41-14-12-26(13-15-41)38-19-22-4-2-21(3-5-22)6-11-31(43)40-44/h2-11,16-17,20,26,38,42,44H,12-15,19H2,1H3,(H,40,43)/b11-6+. The molecule has 0 aliphatic carbocycles. The lowest BCUT2D eigenvalue weighted by molar-refractivity contribution is -0.124. The smallest absolute Gasteiger partial charge is 0.267 e. The molecule has 11 heteroatoms. The Morgan fingerprint density at radius 2 is 1.84 bits per heavy atom. The van der Waals surface area contributed by atoms with E-state index in [2.05, 4.69) is 10.3 Å². The SMILES string of the molecule is COc1ccc(-c2cnc(N3CCC(NCc4ccc(/C=C/C(=O)NO)cc4)CC3)c(F)c2-c2ccc(C#N)c(F)c2)cc1O. The number of hydrogen-bond acceptors (Lipinski definition) is 8. The number of carbonyl (C=O) groups is 1. The van der Waals surface area contributed by atoms with Crippen molar-refractivity contribution in [3.8, 4) is 39.8 Å². The zero-order valence-corrected chi connectivity index (χ0v) is 24.4. The molecule has 1 aliphatic heterocycles. The number of aromatic nitrogens is 1. The number of nitrogens with zero attached hydrogens (tertiary/aromatic N) is 3. The molecule has 0 spiro atoms. The Balaban J connectivity index is 1.33. The van der Waals surface area contributed by atoms with Crippen molar-refractivity contribution in [1.82, 2.24) is 15.8 Å². The molecule has 1 amide bonds. The van der Waals surface area contributed by atoms with Gasteiger partial charge in [0.2, 0.25) is 0 Å². The molecule has 1 aliphatic rings. The Morgan fingerprint density at radius 3 is 2.49 bits per heavy atom. The van der Waals surface area contributed by atoms with E-state index in [1.54, 1.807) is 29.8 Å². The van der Waals surface area contributed by atoms with Crippen molar-refractivity contribution in [2.75, 3.05) is 25.1 Å². The Labute approximate surface area is 259 Å². The van der Waals surface area contributed by atoms with Gasteiger partial charge in [-0.1, -0.05) is 36.4 Å². The molecular formula is C34H31F2N5O4. The monoisotopic (exact) mass is 611 g/mol. The van der Waals surface area contributed by atoms with E-state index in [9.17, 15) is 19.6 Å². The van der Waals surface area contributed by atoms with Crippen LogP contribution in [0.15, 0.2) is 72.9 Å². The van der Waals surface area contributed by atoms with E-state index < -0.39 is 17.5 Å². The summed E-state index contributed by atoms with van der Waals surface area (Å²) in [5.41, 5.74) is 4.47. The summed E-state index contributed by atoms with van der Waals surface area (Å²) < 4.78 is 36.3. The maximum Gasteiger partial charge on any atom is 0.267 e. The van der Waals surface area contributed by atoms with Crippen molar-refractivity contribution in [2.45, 2.75) is 25.4 Å². The number of nitrogens with one attached hydrogen (secondary N) is 2. The number of hydroxylamine groups is 1. The first-order chi connectivity index (χ1) is 21.8. The van der Waals surface area contributed by atoms with Crippen LogP contribution < -0.4 is 20.4 Å². The second kappa shape index (κ2) is 14.0. The number of halogens is 2. The van der Waals surface area contributed by atoms with Gasteiger partial charge in [0.1, 0.15) is 11.9 Å². The van der Waals surface area contributed by atoms with Gasteiger partial charge in [-0.05, 0) is 65.4 Å². The first-order valence-corrected chi connectivity index (χ1v) is 14.3. The number of hydrogen-bond donors (Lipinski definition) is 4. The average Bonchev–Trinajstić information content (AvgIpc) is 3.06. The van der Waals surface area contributed by atoms with Gasteiger partial charge in [0.25, 0.3) is 5.91 Å². The number of aromatic hydroxyl groups is 1. The molecular weight excluding hydrogens is 580 g/mol. The minimum absolute atomic E-state index is 0.114. The highest BCUT2D eigenvalue weighted by molar-refractivity contribution is 5.90. The highest BCUT2D eigenvalue weighted by atomic mass is 19.1. The third-order valence-corrected chi connectivity index (χ3v) is 7.78. The summed E-state index contributed by atoms with van der Waals surface area (Å²) in [7, 11) is 1.43. The number of ether oxygens (including phenoxy) is 1. The van der Waals surface area contributed by atoms with Crippen LogP contribution in [0.2, 0.25) is 0 Å². The van der Waals surface area contributed by atoms with Crippen molar-refractivity contribution in [3.63, 3.8) is 0 Å². The van der Waals surface area contributed by atoms with Crippen LogP contribution in [0, 0.1) is 23.0 Å². The summed E-state index contributed by atoms with van der Waals surface area (Å²) in [4.78, 5) is 17.5. The predicted octanol–water partition coefficient (Wildman–Crippen LogP) is 5.56. The number of methoxy groups -OCH3 is 1. The molecule has 0 saturated carbocycles. The number of anilines is 1. The van der Waals surface area contributed by atoms with Crippen molar-refractivity contribution in [3.05, 3.63) is 101 Å². The summed E-state index contributed by atoms with van der Waals surface area (Å²) >= 11 is 0. The largest absolute Gasteiger partial charge is 0.504 e. The summed E-state index contributed by atoms with van der Waals surface area (Å²) in [6.45, 7) is 1.72. The van der Waals surface area contributed by atoms with E-state index in [0.29, 0.717) is 30.8 Å². The lowest BCUT2D eigenvalue weighted by Crippen LogP contribution is -2.43. The number of amides is 1. The number of phenols is 1. The lowest BCUT2D eigenvalue weighted by Gasteiger charge is -2.34. The van der Waals surface area contributed by atoms with Crippen LogP contribution in [-0.4, -0.2) is 47.4 Å². The third-order valence-electron chi connectivity index (χ3n) is 7.78. The molecule has 1 fully saturated rings. The number of rotatable bonds is 9. The maximum absolute atomic E-state index is 16.4. The highest BCUT2D eigenvalue weighted by Gasteiger charge is 2.26. The fraction of sp³-hybridized carbons (Fsp3) is 0.206. The molecule has 0 bridgehead atoms. The maximum atomic E-state index is 16.4. The Hall–Kier alpha value is -5.31. The van der Waals surface area contributed by atoms with Gasteiger partial charge in [0, 0.05) is 49.1 Å². The van der Waals surface area contributed by atoms with Gasteiger partial charge < -0.3 is 20.1 Å². The van der Waals surface area contributed by atoms with E-state index in [-0.39, 0.29) is 40.0 Å². The van der Waals surface area contributed by atoms with E-state index in [4.69, 9.17) is 9.94 Å². The molecule has 3 aromatic carbocycles. The first kappa shape index (κ1) is 31.1. The third kappa shape index (κ3) is 7.09. The van der Waals surface area contributed by atoms with Crippen LogP contribution in [0.4, 0.5) is 14.6 Å². The second-order valence-electron chi connectivity index (χ2n) is 10.6. The van der Waals surface area contributed by atoms with E-state index in [1.165, 1.54) is 37.6 Å². The number of benzene rings is 3. The fourth-order valence-corrected chi connectivity index (χ4v) is 5.33. The number of piperidine rings is 1. The van der Waals surface area contributed by atoms with Gasteiger partial charge in [-0.15, -0.1) is 0 Å². The van der Waals surface area contributed by atoms with Gasteiger partial charge in [0.05, 0.1) is 12.7 Å². The molecule has 230 valence electrons. The van der Waals surface area contributed by atoms with E-state index in [0.717, 1.165) is 30.0 Å². The molecule has 4 N–H and O–H groups in total. The molecule has 9 nitrogen and oxygen atoms in total. The second-order valence-corrected chi connectivity index (χ2v) is 10.6. The van der Waals surface area contributed by atoms with Crippen molar-refractivity contribution < 1.29 is 28.6 Å². The van der Waals surface area contributed by atoms with Crippen LogP contribution in [0.5, 0.6) is 11.5 Å². The Kier molecular flexibility index (Phi) is 9.67.